The van der Waals surface area contributed by atoms with Crippen LogP contribution in [-0.2, 0) is 23.2 Å². The number of carbonyl (C=O) groups excluding carboxylic acids is 2. The van der Waals surface area contributed by atoms with Gasteiger partial charge in [-0.25, -0.2) is 0 Å². The van der Waals surface area contributed by atoms with Crippen molar-refractivity contribution in [3.05, 3.63) is 71.4 Å². The fraction of sp³-hybridized carbons (Fsp3) is 0.321. The molecule has 1 aromatic heterocycles. The van der Waals surface area contributed by atoms with Crippen LogP contribution in [0.1, 0.15) is 48.2 Å². The second kappa shape index (κ2) is 10.2. The molecule has 0 radical (unpaired) electrons. The number of nitrogens with zero attached hydrogens (tertiary/aromatic N) is 3. The number of imide groups is 1. The van der Waals surface area contributed by atoms with Gasteiger partial charge in [-0.3, -0.25) is 19.3 Å². The van der Waals surface area contributed by atoms with Gasteiger partial charge < -0.3 is 14.6 Å². The Labute approximate surface area is 205 Å². The van der Waals surface area contributed by atoms with Gasteiger partial charge in [0.05, 0.1) is 24.2 Å². The molecule has 0 bridgehead atoms. The molecule has 0 spiro atoms. The van der Waals surface area contributed by atoms with E-state index in [1.807, 2.05) is 54.6 Å². The van der Waals surface area contributed by atoms with Crippen LogP contribution in [0, 0.1) is 5.92 Å². The molecule has 4 rings (SSSR count). The van der Waals surface area contributed by atoms with E-state index in [0.717, 1.165) is 33.4 Å². The highest BCUT2D eigenvalue weighted by molar-refractivity contribution is 6.11. The van der Waals surface area contributed by atoms with Gasteiger partial charge in [0.1, 0.15) is 0 Å². The Balaban J connectivity index is 1.74. The van der Waals surface area contributed by atoms with Crippen molar-refractivity contribution in [2.75, 3.05) is 18.0 Å². The molecular weight excluding hydrogens is 442 g/mol. The van der Waals surface area contributed by atoms with Gasteiger partial charge in [-0.15, -0.1) is 0 Å². The van der Waals surface area contributed by atoms with Gasteiger partial charge >= 0.3 is 5.97 Å². The Hall–Kier alpha value is -3.87. The number of allylic oxidation sites excluding steroid dienone is 1. The molecular formula is C28H31N3O4. The summed E-state index contributed by atoms with van der Waals surface area (Å²) >= 11 is 0. The number of hydrogen-bond donors (Lipinski definition) is 1. The van der Waals surface area contributed by atoms with Gasteiger partial charge in [-0.1, -0.05) is 50.3 Å². The minimum Gasteiger partial charge on any atom is -0.481 e. The van der Waals surface area contributed by atoms with Crippen molar-refractivity contribution >= 4 is 40.4 Å². The molecule has 2 heterocycles. The van der Waals surface area contributed by atoms with Crippen molar-refractivity contribution in [2.45, 2.75) is 33.2 Å². The van der Waals surface area contributed by atoms with Crippen molar-refractivity contribution in [1.29, 1.82) is 0 Å². The topological polar surface area (TPSA) is 82.8 Å². The number of anilines is 1. The Morgan fingerprint density at radius 1 is 1.14 bits per heavy atom. The van der Waals surface area contributed by atoms with Gasteiger partial charge in [-0.2, -0.15) is 0 Å². The number of rotatable bonds is 8. The predicted octanol–water partition coefficient (Wildman–Crippen LogP) is 4.70. The Kier molecular flexibility index (Phi) is 7.05. The van der Waals surface area contributed by atoms with Gasteiger partial charge in [0.2, 0.25) is 5.91 Å². The van der Waals surface area contributed by atoms with Crippen LogP contribution in [0.4, 0.5) is 5.69 Å². The molecule has 1 aliphatic rings. The van der Waals surface area contributed by atoms with Crippen LogP contribution < -0.4 is 4.90 Å². The maximum atomic E-state index is 13.5. The predicted molar refractivity (Wildman–Crippen MR) is 137 cm³/mol. The molecule has 7 nitrogen and oxygen atoms in total. The maximum absolute atomic E-state index is 13.5. The lowest BCUT2D eigenvalue weighted by Gasteiger charge is -2.23. The van der Waals surface area contributed by atoms with E-state index >= 15 is 0 Å². The molecule has 7 heteroatoms. The number of carboxylic acid groups (broad SMARTS) is 1. The number of aromatic nitrogens is 1. The molecule has 2 amide bonds. The maximum Gasteiger partial charge on any atom is 0.305 e. The summed E-state index contributed by atoms with van der Waals surface area (Å²) in [5, 5.41) is 10.2. The summed E-state index contributed by atoms with van der Waals surface area (Å²) in [6.07, 6.45) is 6.74. The summed E-state index contributed by atoms with van der Waals surface area (Å²) in [5.74, 6) is -1.38. The lowest BCUT2D eigenvalue weighted by molar-refractivity contribution is -0.137. The first-order chi connectivity index (χ1) is 16.7. The van der Waals surface area contributed by atoms with Crippen LogP contribution >= 0.6 is 0 Å². The third-order valence-electron chi connectivity index (χ3n) is 6.27. The van der Waals surface area contributed by atoms with Gasteiger partial charge in [0, 0.05) is 37.2 Å². The number of carbonyl (C=O) groups is 3. The molecule has 35 heavy (non-hydrogen) atoms. The first kappa shape index (κ1) is 24.3. The van der Waals surface area contributed by atoms with Crippen molar-refractivity contribution in [1.82, 2.24) is 9.47 Å². The summed E-state index contributed by atoms with van der Waals surface area (Å²) in [6, 6.07) is 13.7. The lowest BCUT2D eigenvalue weighted by atomic mass is 10.0. The normalized spacial score (nSPS) is 14.3. The number of benzene rings is 2. The standard InChI is InChI=1S/C28H31N3O4/c1-19(2)7-6-8-20-11-12-25-23(15-20)28(35)31(14-13-27(33)34)26(32)18-30(25)17-21-16-29(3)24-10-5-4-9-22(21)24/h4-6,8-12,15-16,19H,7,13-14,17-18H2,1-3H3,(H,33,34)/b8-6+. The number of aliphatic carboxylic acids is 1. The number of amides is 2. The Bertz CT molecular complexity index is 1300. The largest absolute Gasteiger partial charge is 0.481 e. The fourth-order valence-corrected chi connectivity index (χ4v) is 4.51. The number of fused-ring (bicyclic) bond motifs is 2. The van der Waals surface area contributed by atoms with Crippen LogP contribution in [0.3, 0.4) is 0 Å². The van der Waals surface area contributed by atoms with E-state index in [9.17, 15) is 14.4 Å². The molecule has 0 saturated carbocycles. The third kappa shape index (κ3) is 5.29. The van der Waals surface area contributed by atoms with Gasteiger partial charge in [-0.05, 0) is 41.7 Å². The molecule has 0 unspecified atom stereocenters. The highest BCUT2D eigenvalue weighted by Crippen LogP contribution is 2.31. The SMILES string of the molecule is CC(C)C/C=C/c1ccc2c(c1)C(=O)N(CCC(=O)O)C(=O)CN2Cc1cn(C)c2ccccc12. The summed E-state index contributed by atoms with van der Waals surface area (Å²) in [6.45, 7) is 4.57. The molecule has 3 aromatic rings. The van der Waals surface area contributed by atoms with Gasteiger partial charge in [0.25, 0.3) is 5.91 Å². The van der Waals surface area contributed by atoms with Crippen molar-refractivity contribution in [3.8, 4) is 0 Å². The third-order valence-corrected chi connectivity index (χ3v) is 6.27. The molecule has 182 valence electrons. The zero-order valence-electron chi connectivity index (χ0n) is 20.4. The van der Waals surface area contributed by atoms with Crippen LogP contribution in [0.2, 0.25) is 0 Å². The summed E-state index contributed by atoms with van der Waals surface area (Å²) < 4.78 is 2.05. The quantitative estimate of drug-likeness (QED) is 0.480. The zero-order valence-corrected chi connectivity index (χ0v) is 20.4. The molecule has 2 aromatic carbocycles. The highest BCUT2D eigenvalue weighted by Gasteiger charge is 2.32. The second-order valence-corrected chi connectivity index (χ2v) is 9.44. The van der Waals surface area contributed by atoms with Gasteiger partial charge in [0.15, 0.2) is 0 Å². The number of para-hydroxylation sites is 1. The van der Waals surface area contributed by atoms with Crippen LogP contribution in [0.25, 0.3) is 17.0 Å². The van der Waals surface area contributed by atoms with E-state index in [1.54, 1.807) is 6.07 Å². The number of hydrogen-bond acceptors (Lipinski definition) is 4. The minimum atomic E-state index is -1.05. The molecule has 0 atom stereocenters. The molecule has 0 fully saturated rings. The Morgan fingerprint density at radius 3 is 2.66 bits per heavy atom. The summed E-state index contributed by atoms with van der Waals surface area (Å²) in [5.41, 5.74) is 4.10. The lowest BCUT2D eigenvalue weighted by Crippen LogP contribution is -2.41. The molecule has 0 saturated heterocycles. The molecule has 1 N–H and O–H groups in total. The average molecular weight is 474 g/mol. The highest BCUT2D eigenvalue weighted by atomic mass is 16.4. The first-order valence-electron chi connectivity index (χ1n) is 11.9. The molecule has 0 aliphatic carbocycles. The summed E-state index contributed by atoms with van der Waals surface area (Å²) in [7, 11) is 1.99. The average Bonchev–Trinajstić information content (AvgIpc) is 3.08. The monoisotopic (exact) mass is 473 g/mol. The Morgan fingerprint density at radius 2 is 1.91 bits per heavy atom. The minimum absolute atomic E-state index is 0.00981. The first-order valence-corrected chi connectivity index (χ1v) is 11.9. The number of aryl methyl sites for hydroxylation is 1. The summed E-state index contributed by atoms with van der Waals surface area (Å²) in [4.78, 5) is 40.8. The van der Waals surface area contributed by atoms with E-state index in [2.05, 4.69) is 30.6 Å². The van der Waals surface area contributed by atoms with Crippen LogP contribution in [0.5, 0.6) is 0 Å². The van der Waals surface area contributed by atoms with E-state index < -0.39 is 17.8 Å². The zero-order chi connectivity index (χ0) is 25.1. The fourth-order valence-electron chi connectivity index (χ4n) is 4.51. The number of carboxylic acids is 1. The smallest absolute Gasteiger partial charge is 0.305 e. The van der Waals surface area contributed by atoms with E-state index in [-0.39, 0.29) is 19.5 Å². The van der Waals surface area contributed by atoms with Crippen LogP contribution in [-0.4, -0.2) is 45.4 Å². The van der Waals surface area contributed by atoms with Crippen molar-refractivity contribution in [3.63, 3.8) is 0 Å². The van der Waals surface area contributed by atoms with E-state index in [1.165, 1.54) is 0 Å². The second-order valence-electron chi connectivity index (χ2n) is 9.44. The van der Waals surface area contributed by atoms with Crippen molar-refractivity contribution < 1.29 is 19.5 Å². The molecule has 1 aliphatic heterocycles. The van der Waals surface area contributed by atoms with E-state index in [4.69, 9.17) is 5.11 Å². The van der Waals surface area contributed by atoms with Crippen molar-refractivity contribution in [2.24, 2.45) is 13.0 Å². The van der Waals surface area contributed by atoms with E-state index in [0.29, 0.717) is 23.7 Å². The van der Waals surface area contributed by atoms with Crippen LogP contribution in [0.15, 0.2) is 54.7 Å².